The first-order valence-electron chi connectivity index (χ1n) is 12.3. The lowest BCUT2D eigenvalue weighted by Gasteiger charge is -2.11. The molecule has 0 saturated heterocycles. The topological polar surface area (TPSA) is 53.9 Å². The molecule has 5 rings (SSSR count). The van der Waals surface area contributed by atoms with Gasteiger partial charge in [-0.1, -0.05) is 78.9 Å². The monoisotopic (exact) mass is 490 g/mol. The van der Waals surface area contributed by atoms with Gasteiger partial charge in [-0.15, -0.1) is 0 Å². The molecule has 3 aromatic carbocycles. The Morgan fingerprint density at radius 2 is 0.973 bits per heavy atom. The number of rotatable bonds is 6. The van der Waals surface area contributed by atoms with Crippen LogP contribution in [-0.2, 0) is 14.1 Å². The van der Waals surface area contributed by atoms with Crippen molar-refractivity contribution in [3.05, 3.63) is 146 Å². The van der Waals surface area contributed by atoms with Gasteiger partial charge in [-0.25, -0.2) is 9.36 Å². The maximum atomic E-state index is 14.0. The van der Waals surface area contributed by atoms with E-state index >= 15 is 0 Å². The molecule has 0 saturated carbocycles. The van der Waals surface area contributed by atoms with Crippen LogP contribution in [0.25, 0.3) is 17.5 Å². The van der Waals surface area contributed by atoms with Gasteiger partial charge in [0.1, 0.15) is 0 Å². The molecule has 2 heterocycles. The Kier molecular flexibility index (Phi) is 6.40. The van der Waals surface area contributed by atoms with Gasteiger partial charge in [-0.05, 0) is 43.7 Å². The summed E-state index contributed by atoms with van der Waals surface area (Å²) in [4.78, 5) is 28.0. The number of aromatic nitrogens is 4. The van der Waals surface area contributed by atoms with E-state index in [1.807, 2.05) is 140 Å². The van der Waals surface area contributed by atoms with Crippen LogP contribution in [0.15, 0.2) is 107 Å². The molecule has 0 N–H and O–H groups in total. The van der Waals surface area contributed by atoms with E-state index < -0.39 is 5.92 Å². The number of hydrogen-bond acceptors (Lipinski definition) is 2. The van der Waals surface area contributed by atoms with Crippen LogP contribution in [0, 0.1) is 13.8 Å². The lowest BCUT2D eigenvalue weighted by atomic mass is 9.90. The molecule has 6 heteroatoms. The molecule has 186 valence electrons. The molecule has 0 fully saturated rings. The van der Waals surface area contributed by atoms with Gasteiger partial charge in [0.2, 0.25) is 0 Å². The highest BCUT2D eigenvalue weighted by atomic mass is 16.1. The standard InChI is InChI=1S/C31H30N4O2/c1-22-28(30(36)34(32(22)3)25-16-10-6-11-17-25)27(21-20-24-14-8-5-9-15-24)29-23(2)33(4)35(31(29)37)26-18-12-7-13-19-26/h5-21,27H,1-4H3. The molecule has 6 nitrogen and oxygen atoms in total. The Balaban J connectivity index is 1.77. The molecule has 0 spiro atoms. The van der Waals surface area contributed by atoms with Crippen molar-refractivity contribution in [3.8, 4) is 11.4 Å². The molecule has 0 aliphatic rings. The minimum Gasteiger partial charge on any atom is -0.285 e. The Bertz CT molecular complexity index is 1580. The van der Waals surface area contributed by atoms with Crippen LogP contribution >= 0.6 is 0 Å². The van der Waals surface area contributed by atoms with E-state index in [4.69, 9.17) is 0 Å². The minimum absolute atomic E-state index is 0.136. The van der Waals surface area contributed by atoms with Gasteiger partial charge in [0.25, 0.3) is 11.1 Å². The third-order valence-electron chi connectivity index (χ3n) is 7.10. The fourth-order valence-corrected chi connectivity index (χ4v) is 5.00. The number of para-hydroxylation sites is 2. The first-order chi connectivity index (χ1) is 17.9. The molecule has 0 aliphatic carbocycles. The zero-order valence-electron chi connectivity index (χ0n) is 21.5. The van der Waals surface area contributed by atoms with E-state index in [0.29, 0.717) is 11.1 Å². The summed E-state index contributed by atoms with van der Waals surface area (Å²) in [5.74, 6) is -0.535. The summed E-state index contributed by atoms with van der Waals surface area (Å²) in [5, 5.41) is 0. The highest BCUT2D eigenvalue weighted by Gasteiger charge is 2.30. The molecule has 0 unspecified atom stereocenters. The summed E-state index contributed by atoms with van der Waals surface area (Å²) in [6.45, 7) is 3.88. The van der Waals surface area contributed by atoms with E-state index in [1.54, 1.807) is 9.36 Å². The van der Waals surface area contributed by atoms with Crippen LogP contribution < -0.4 is 11.1 Å². The van der Waals surface area contributed by atoms with Crippen LogP contribution in [-0.4, -0.2) is 18.7 Å². The first-order valence-corrected chi connectivity index (χ1v) is 12.3. The first kappa shape index (κ1) is 24.1. The second kappa shape index (κ2) is 9.82. The average Bonchev–Trinajstić information content (AvgIpc) is 3.28. The lowest BCUT2D eigenvalue weighted by Crippen LogP contribution is -2.25. The molecule has 0 bridgehead atoms. The second-order valence-electron chi connectivity index (χ2n) is 9.20. The fraction of sp³-hybridized carbons (Fsp3) is 0.161. The quantitative estimate of drug-likeness (QED) is 0.331. The van der Waals surface area contributed by atoms with Gasteiger partial charge in [-0.2, -0.15) is 0 Å². The Morgan fingerprint density at radius 1 is 0.595 bits per heavy atom. The maximum absolute atomic E-state index is 14.0. The Labute approximate surface area is 215 Å². The Morgan fingerprint density at radius 3 is 1.38 bits per heavy atom. The van der Waals surface area contributed by atoms with Gasteiger partial charge < -0.3 is 0 Å². The maximum Gasteiger partial charge on any atom is 0.275 e. The van der Waals surface area contributed by atoms with Crippen LogP contribution in [0.2, 0.25) is 0 Å². The van der Waals surface area contributed by atoms with Crippen LogP contribution in [0.1, 0.15) is 34.0 Å². The average molecular weight is 491 g/mol. The zero-order chi connectivity index (χ0) is 26.1. The van der Waals surface area contributed by atoms with Gasteiger partial charge in [0.15, 0.2) is 0 Å². The number of hydrogen-bond donors (Lipinski definition) is 0. The predicted molar refractivity (Wildman–Crippen MR) is 149 cm³/mol. The van der Waals surface area contributed by atoms with Crippen molar-refractivity contribution in [1.29, 1.82) is 0 Å². The minimum atomic E-state index is -0.535. The number of nitrogens with zero attached hydrogens (tertiary/aromatic N) is 4. The lowest BCUT2D eigenvalue weighted by molar-refractivity contribution is 0.630. The normalized spacial score (nSPS) is 11.6. The molecular weight excluding hydrogens is 460 g/mol. The molecule has 0 amide bonds. The molecule has 0 atom stereocenters. The smallest absolute Gasteiger partial charge is 0.275 e. The fourth-order valence-electron chi connectivity index (χ4n) is 5.00. The van der Waals surface area contributed by atoms with Gasteiger partial charge in [-0.3, -0.25) is 19.0 Å². The summed E-state index contributed by atoms with van der Waals surface area (Å²) < 4.78 is 7.07. The van der Waals surface area contributed by atoms with Crippen LogP contribution in [0.4, 0.5) is 0 Å². The van der Waals surface area contributed by atoms with E-state index in [-0.39, 0.29) is 11.1 Å². The summed E-state index contributed by atoms with van der Waals surface area (Å²) >= 11 is 0. The molecule has 0 radical (unpaired) electrons. The van der Waals surface area contributed by atoms with Crippen molar-refractivity contribution < 1.29 is 0 Å². The van der Waals surface area contributed by atoms with E-state index in [2.05, 4.69) is 0 Å². The third-order valence-corrected chi connectivity index (χ3v) is 7.10. The van der Waals surface area contributed by atoms with E-state index in [9.17, 15) is 9.59 Å². The summed E-state index contributed by atoms with van der Waals surface area (Å²) in [6, 6.07) is 29.1. The summed E-state index contributed by atoms with van der Waals surface area (Å²) in [6.07, 6.45) is 3.97. The van der Waals surface area contributed by atoms with Crippen molar-refractivity contribution in [1.82, 2.24) is 18.7 Å². The van der Waals surface area contributed by atoms with E-state index in [0.717, 1.165) is 28.3 Å². The molecule has 5 aromatic rings. The van der Waals surface area contributed by atoms with Crippen molar-refractivity contribution in [3.63, 3.8) is 0 Å². The van der Waals surface area contributed by atoms with Gasteiger partial charge >= 0.3 is 0 Å². The van der Waals surface area contributed by atoms with Gasteiger partial charge in [0.05, 0.1) is 22.5 Å². The van der Waals surface area contributed by atoms with Crippen molar-refractivity contribution in [2.24, 2.45) is 14.1 Å². The largest absolute Gasteiger partial charge is 0.285 e. The van der Waals surface area contributed by atoms with Crippen molar-refractivity contribution in [2.45, 2.75) is 19.8 Å². The molecular formula is C31H30N4O2. The molecule has 0 aliphatic heterocycles. The summed E-state index contributed by atoms with van der Waals surface area (Å²) in [7, 11) is 3.76. The SMILES string of the molecule is Cc1c(C(C=Cc2ccccc2)c2c(C)n(C)n(-c3ccccc3)c2=O)c(=O)n(-c2ccccc2)n1C. The highest BCUT2D eigenvalue weighted by Crippen LogP contribution is 2.29. The zero-order valence-corrected chi connectivity index (χ0v) is 21.5. The van der Waals surface area contributed by atoms with Crippen LogP contribution in [0.3, 0.4) is 0 Å². The number of allylic oxidation sites excluding steroid dienone is 1. The van der Waals surface area contributed by atoms with Gasteiger partial charge in [0, 0.05) is 31.4 Å². The van der Waals surface area contributed by atoms with Crippen molar-refractivity contribution >= 4 is 6.08 Å². The second-order valence-corrected chi connectivity index (χ2v) is 9.20. The predicted octanol–water partition coefficient (Wildman–Crippen LogP) is 5.13. The van der Waals surface area contributed by atoms with Crippen LogP contribution in [0.5, 0.6) is 0 Å². The molecule has 37 heavy (non-hydrogen) atoms. The highest BCUT2D eigenvalue weighted by molar-refractivity contribution is 5.54. The number of benzene rings is 3. The molecule has 2 aromatic heterocycles. The Hall–Kier alpha value is -4.58. The van der Waals surface area contributed by atoms with Crippen molar-refractivity contribution in [2.75, 3.05) is 0 Å². The summed E-state index contributed by atoms with van der Waals surface area (Å²) in [5.41, 5.74) is 5.08. The third kappa shape index (κ3) is 4.20. The van der Waals surface area contributed by atoms with E-state index in [1.165, 1.54) is 0 Å².